The number of ketones is 1. The summed E-state index contributed by atoms with van der Waals surface area (Å²) < 4.78 is 0. The molecule has 0 saturated carbocycles. The number of carbonyl (C=O) groups is 3. The van der Waals surface area contributed by atoms with Gasteiger partial charge >= 0.3 is 6.03 Å². The molecule has 0 spiro atoms. The van der Waals surface area contributed by atoms with Crippen LogP contribution in [0, 0.1) is 0 Å². The Morgan fingerprint density at radius 1 is 1.35 bits per heavy atom. The number of unbranched alkanes of at least 4 members (excludes halogenated alkanes) is 1. The highest BCUT2D eigenvalue weighted by Gasteiger charge is 2.42. The Kier molecular flexibility index (Phi) is 5.28. The first-order valence-corrected chi connectivity index (χ1v) is 8.06. The molecule has 6 nitrogen and oxygen atoms in total. The van der Waals surface area contributed by atoms with Gasteiger partial charge in [-0.15, -0.1) is 0 Å². The fourth-order valence-corrected chi connectivity index (χ4v) is 4.13. The second-order valence-corrected chi connectivity index (χ2v) is 6.62. The van der Waals surface area contributed by atoms with E-state index in [4.69, 9.17) is 0 Å². The van der Waals surface area contributed by atoms with E-state index in [-0.39, 0.29) is 36.3 Å². The lowest BCUT2D eigenvalue weighted by atomic mass is 10.0. The zero-order valence-corrected chi connectivity index (χ0v) is 12.4. The zero-order valence-electron chi connectivity index (χ0n) is 11.6. The van der Waals surface area contributed by atoms with Crippen molar-refractivity contribution in [2.24, 2.45) is 0 Å². The van der Waals surface area contributed by atoms with Gasteiger partial charge in [-0.25, -0.2) is 4.79 Å². The van der Waals surface area contributed by atoms with Crippen molar-refractivity contribution in [3.05, 3.63) is 0 Å². The molecule has 0 aliphatic carbocycles. The van der Waals surface area contributed by atoms with E-state index in [1.807, 2.05) is 11.8 Å². The van der Waals surface area contributed by atoms with Crippen LogP contribution >= 0.6 is 11.8 Å². The molecule has 0 bridgehead atoms. The quantitative estimate of drug-likeness (QED) is 0.469. The molecule has 0 aromatic heterocycles. The van der Waals surface area contributed by atoms with E-state index in [1.54, 1.807) is 0 Å². The van der Waals surface area contributed by atoms with Crippen molar-refractivity contribution >= 4 is 29.5 Å². The van der Waals surface area contributed by atoms with Crippen LogP contribution in [-0.4, -0.2) is 47.4 Å². The van der Waals surface area contributed by atoms with Gasteiger partial charge in [0.25, 0.3) is 0 Å². The largest absolute Gasteiger partial charge is 0.349 e. The summed E-state index contributed by atoms with van der Waals surface area (Å²) in [5, 5.41) is 8.91. The van der Waals surface area contributed by atoms with Crippen molar-refractivity contribution in [1.29, 1.82) is 0 Å². The number of amides is 3. The number of fused-ring (bicyclic) bond motifs is 1. The number of carbonyl (C=O) groups excluding carboxylic acids is 3. The molecule has 3 amide bonds. The average Bonchev–Trinajstić information content (AvgIpc) is 2.92. The van der Waals surface area contributed by atoms with E-state index in [0.717, 1.165) is 25.0 Å². The molecule has 2 fully saturated rings. The third-order valence-electron chi connectivity index (χ3n) is 3.62. The molecule has 112 valence electrons. The summed E-state index contributed by atoms with van der Waals surface area (Å²) in [7, 11) is 0. The highest BCUT2D eigenvalue weighted by molar-refractivity contribution is 8.00. The minimum atomic E-state index is -0.0620. The summed E-state index contributed by atoms with van der Waals surface area (Å²) in [5.74, 6) is 0.872. The van der Waals surface area contributed by atoms with Gasteiger partial charge in [-0.2, -0.15) is 11.8 Å². The van der Waals surface area contributed by atoms with Crippen molar-refractivity contribution < 1.29 is 14.4 Å². The van der Waals surface area contributed by atoms with Crippen molar-refractivity contribution in [1.82, 2.24) is 16.0 Å². The predicted molar refractivity (Wildman–Crippen MR) is 77.6 cm³/mol. The monoisotopic (exact) mass is 299 g/mol. The fourth-order valence-electron chi connectivity index (χ4n) is 2.59. The third-order valence-corrected chi connectivity index (χ3v) is 5.12. The van der Waals surface area contributed by atoms with E-state index in [1.165, 1.54) is 6.92 Å². The van der Waals surface area contributed by atoms with Crippen LogP contribution in [0.1, 0.15) is 32.6 Å². The first-order valence-electron chi connectivity index (χ1n) is 7.01. The van der Waals surface area contributed by atoms with Gasteiger partial charge in [0.2, 0.25) is 5.91 Å². The summed E-state index contributed by atoms with van der Waals surface area (Å²) in [6, 6.07) is 0.435. The van der Waals surface area contributed by atoms with Gasteiger partial charge in [0.15, 0.2) is 0 Å². The van der Waals surface area contributed by atoms with Gasteiger partial charge in [0, 0.05) is 17.4 Å². The SMILES string of the molecule is CC(=O)CNC(=O)CCCC[C@H]1SC[C@@H]2NC(=O)N[C@@H]21. The molecule has 0 radical (unpaired) electrons. The van der Waals surface area contributed by atoms with E-state index < -0.39 is 0 Å². The Morgan fingerprint density at radius 3 is 2.90 bits per heavy atom. The van der Waals surface area contributed by atoms with Gasteiger partial charge in [-0.1, -0.05) is 6.42 Å². The summed E-state index contributed by atoms with van der Waals surface area (Å²) >= 11 is 1.89. The average molecular weight is 299 g/mol. The van der Waals surface area contributed by atoms with E-state index >= 15 is 0 Å². The highest BCUT2D eigenvalue weighted by atomic mass is 32.2. The standard InChI is InChI=1S/C13H21N3O3S/c1-8(17)6-14-11(18)5-3-2-4-10-12-9(7-20-10)15-13(19)16-12/h9-10,12H,2-7H2,1H3,(H,14,18)(H2,15,16,19)/t9-,10+,12-/m0/s1. The van der Waals surface area contributed by atoms with Gasteiger partial charge in [0.05, 0.1) is 18.6 Å². The van der Waals surface area contributed by atoms with E-state index in [0.29, 0.717) is 11.7 Å². The van der Waals surface area contributed by atoms with Crippen molar-refractivity contribution in [3.63, 3.8) is 0 Å². The number of hydrogen-bond acceptors (Lipinski definition) is 4. The summed E-state index contributed by atoms with van der Waals surface area (Å²) in [6.07, 6.45) is 3.25. The summed E-state index contributed by atoms with van der Waals surface area (Å²) in [4.78, 5) is 33.4. The number of urea groups is 1. The number of rotatable bonds is 7. The van der Waals surface area contributed by atoms with Crippen LogP contribution in [0.5, 0.6) is 0 Å². The lowest BCUT2D eigenvalue weighted by Gasteiger charge is -2.16. The topological polar surface area (TPSA) is 87.3 Å². The van der Waals surface area contributed by atoms with Crippen LogP contribution in [0.25, 0.3) is 0 Å². The van der Waals surface area contributed by atoms with E-state index in [2.05, 4.69) is 16.0 Å². The van der Waals surface area contributed by atoms with Gasteiger partial charge < -0.3 is 16.0 Å². The smallest absolute Gasteiger partial charge is 0.315 e. The maximum absolute atomic E-state index is 11.4. The second-order valence-electron chi connectivity index (χ2n) is 5.35. The van der Waals surface area contributed by atoms with Crippen LogP contribution in [0.15, 0.2) is 0 Å². The molecule has 2 rings (SSSR count). The predicted octanol–water partition coefficient (Wildman–Crippen LogP) is 0.417. The molecular weight excluding hydrogens is 278 g/mol. The molecule has 2 saturated heterocycles. The molecule has 7 heteroatoms. The maximum atomic E-state index is 11.4. The Bertz CT molecular complexity index is 402. The minimum absolute atomic E-state index is 0.0313. The van der Waals surface area contributed by atoms with Crippen LogP contribution in [-0.2, 0) is 9.59 Å². The van der Waals surface area contributed by atoms with Crippen LogP contribution in [0.4, 0.5) is 4.79 Å². The fraction of sp³-hybridized carbons (Fsp3) is 0.769. The third kappa shape index (κ3) is 4.13. The minimum Gasteiger partial charge on any atom is -0.349 e. The lowest BCUT2D eigenvalue weighted by molar-refractivity contribution is -0.124. The van der Waals surface area contributed by atoms with Crippen LogP contribution in [0.3, 0.4) is 0 Å². The summed E-state index contributed by atoms with van der Waals surface area (Å²) in [6.45, 7) is 1.58. The molecule has 0 aromatic rings. The number of Topliss-reactive ketones (excluding diaryl/α,β-unsaturated/α-hetero) is 1. The van der Waals surface area contributed by atoms with Crippen LogP contribution < -0.4 is 16.0 Å². The molecule has 0 aromatic carbocycles. The second kappa shape index (κ2) is 6.97. The van der Waals surface area contributed by atoms with E-state index in [9.17, 15) is 14.4 Å². The first kappa shape index (κ1) is 15.2. The highest BCUT2D eigenvalue weighted by Crippen LogP contribution is 2.33. The Balaban J connectivity index is 1.58. The van der Waals surface area contributed by atoms with Crippen molar-refractivity contribution in [2.45, 2.75) is 49.9 Å². The van der Waals surface area contributed by atoms with Crippen LogP contribution in [0.2, 0.25) is 0 Å². The van der Waals surface area contributed by atoms with Crippen molar-refractivity contribution in [3.8, 4) is 0 Å². The number of hydrogen-bond donors (Lipinski definition) is 3. The first-order chi connectivity index (χ1) is 9.56. The summed E-state index contributed by atoms with van der Waals surface area (Å²) in [5.41, 5.74) is 0. The zero-order chi connectivity index (χ0) is 14.5. The van der Waals surface area contributed by atoms with Gasteiger partial charge in [-0.05, 0) is 19.8 Å². The Morgan fingerprint density at radius 2 is 2.15 bits per heavy atom. The van der Waals surface area contributed by atoms with Crippen molar-refractivity contribution in [2.75, 3.05) is 12.3 Å². The molecule has 0 unspecified atom stereocenters. The molecule has 2 heterocycles. The molecule has 3 atom stereocenters. The van der Waals surface area contributed by atoms with Gasteiger partial charge in [0.1, 0.15) is 5.78 Å². The lowest BCUT2D eigenvalue weighted by Crippen LogP contribution is -2.36. The number of thioether (sulfide) groups is 1. The molecule has 2 aliphatic heterocycles. The molecular formula is C13H21N3O3S. The molecule has 3 N–H and O–H groups in total. The van der Waals surface area contributed by atoms with Gasteiger partial charge in [-0.3, -0.25) is 9.59 Å². The Hall–Kier alpha value is -1.24. The molecule has 2 aliphatic rings. The molecule has 20 heavy (non-hydrogen) atoms. The number of nitrogens with one attached hydrogen (secondary N) is 3. The normalized spacial score (nSPS) is 27.6. The Labute approximate surface area is 122 Å². The maximum Gasteiger partial charge on any atom is 0.315 e.